The first-order valence-corrected chi connectivity index (χ1v) is 6.15. The second kappa shape index (κ2) is 4.62. The highest BCUT2D eigenvalue weighted by molar-refractivity contribution is 5.94. The number of halogens is 3. The molecule has 1 atom stereocenters. The van der Waals surface area contributed by atoms with Gasteiger partial charge in [-0.15, -0.1) is 0 Å². The van der Waals surface area contributed by atoms with Gasteiger partial charge in [-0.05, 0) is 17.5 Å². The van der Waals surface area contributed by atoms with E-state index in [0.29, 0.717) is 11.5 Å². The van der Waals surface area contributed by atoms with Crippen LogP contribution in [0.15, 0.2) is 52.8 Å². The number of carboxylic acid groups (broad SMARTS) is 1. The lowest BCUT2D eigenvalue weighted by molar-refractivity contribution is -0.190. The van der Waals surface area contributed by atoms with Crippen LogP contribution in [0.5, 0.6) is 0 Å². The molecule has 0 saturated carbocycles. The number of hydrogen-bond acceptors (Lipinski definition) is 4. The van der Waals surface area contributed by atoms with E-state index in [1.54, 1.807) is 30.3 Å². The molecule has 0 radical (unpaired) electrons. The lowest BCUT2D eigenvalue weighted by Gasteiger charge is -2.20. The predicted octanol–water partition coefficient (Wildman–Crippen LogP) is 3.43. The van der Waals surface area contributed by atoms with Gasteiger partial charge in [0.2, 0.25) is 0 Å². The standard InChI is InChI=1S/C14H8F3N3O2/c15-14(16,17)13(12(21)22)7-10(19-20-13)11-9-4-2-1-3-8(9)5-6-18-11/h1-7H,(H,21,22). The van der Waals surface area contributed by atoms with Crippen LogP contribution in [-0.4, -0.2) is 27.8 Å². The predicted molar refractivity (Wildman–Crippen MR) is 71.0 cm³/mol. The number of aliphatic carboxylic acids is 1. The van der Waals surface area contributed by atoms with E-state index in [-0.39, 0.29) is 11.4 Å². The SMILES string of the molecule is O=C(O)C1(C(F)(F)F)C=C(c2nccc3ccccc23)N=N1. The molecule has 3 rings (SSSR count). The van der Waals surface area contributed by atoms with Gasteiger partial charge in [0.15, 0.2) is 0 Å². The van der Waals surface area contributed by atoms with Crippen molar-refractivity contribution < 1.29 is 23.1 Å². The fourth-order valence-electron chi connectivity index (χ4n) is 2.19. The third-order valence-electron chi connectivity index (χ3n) is 3.34. The molecule has 0 fully saturated rings. The molecule has 1 aliphatic heterocycles. The van der Waals surface area contributed by atoms with E-state index >= 15 is 0 Å². The first-order valence-electron chi connectivity index (χ1n) is 6.15. The van der Waals surface area contributed by atoms with Crippen LogP contribution in [0.25, 0.3) is 16.5 Å². The molecule has 0 saturated heterocycles. The highest BCUT2D eigenvalue weighted by Crippen LogP contribution is 2.42. The Kier molecular flexibility index (Phi) is 2.98. The number of rotatable bonds is 2. The summed E-state index contributed by atoms with van der Waals surface area (Å²) in [6, 6.07) is 8.60. The zero-order valence-electron chi connectivity index (χ0n) is 10.9. The second-order valence-corrected chi connectivity index (χ2v) is 4.68. The molecule has 0 aliphatic carbocycles. The normalized spacial score (nSPS) is 21.1. The summed E-state index contributed by atoms with van der Waals surface area (Å²) >= 11 is 0. The fourth-order valence-corrected chi connectivity index (χ4v) is 2.19. The summed E-state index contributed by atoms with van der Waals surface area (Å²) in [6.07, 6.45) is -3.18. The number of pyridine rings is 1. The minimum Gasteiger partial charge on any atom is -0.479 e. The van der Waals surface area contributed by atoms with Crippen LogP contribution in [0.3, 0.4) is 0 Å². The monoisotopic (exact) mass is 307 g/mol. The fraction of sp³-hybridized carbons (Fsp3) is 0.143. The number of hydrogen-bond donors (Lipinski definition) is 1. The second-order valence-electron chi connectivity index (χ2n) is 4.68. The van der Waals surface area contributed by atoms with Crippen molar-refractivity contribution in [3.63, 3.8) is 0 Å². The van der Waals surface area contributed by atoms with Gasteiger partial charge in [-0.25, -0.2) is 4.79 Å². The summed E-state index contributed by atoms with van der Waals surface area (Å²) in [4.78, 5) is 15.1. The van der Waals surface area contributed by atoms with Crippen molar-refractivity contribution in [2.75, 3.05) is 0 Å². The first-order chi connectivity index (χ1) is 10.3. The molecule has 2 aromatic rings. The number of benzene rings is 1. The van der Waals surface area contributed by atoms with Gasteiger partial charge in [-0.2, -0.15) is 23.4 Å². The molecule has 5 nitrogen and oxygen atoms in total. The Hall–Kier alpha value is -2.77. The number of carboxylic acids is 1. The molecule has 0 amide bonds. The van der Waals surface area contributed by atoms with E-state index in [0.717, 1.165) is 5.39 Å². The molecule has 0 bridgehead atoms. The van der Waals surface area contributed by atoms with Crippen LogP contribution in [0.4, 0.5) is 13.2 Å². The Balaban J connectivity index is 2.20. The largest absolute Gasteiger partial charge is 0.479 e. The van der Waals surface area contributed by atoms with Gasteiger partial charge >= 0.3 is 12.1 Å². The average molecular weight is 307 g/mol. The van der Waals surface area contributed by atoms with Gasteiger partial charge in [0, 0.05) is 11.6 Å². The minimum absolute atomic E-state index is 0.161. The van der Waals surface area contributed by atoms with Crippen LogP contribution in [0.2, 0.25) is 0 Å². The van der Waals surface area contributed by atoms with Crippen molar-refractivity contribution in [3.8, 4) is 0 Å². The molecule has 0 spiro atoms. The van der Waals surface area contributed by atoms with E-state index in [4.69, 9.17) is 5.11 Å². The molecular formula is C14H8F3N3O2. The molecule has 1 unspecified atom stereocenters. The lowest BCUT2D eigenvalue weighted by atomic mass is 9.98. The Labute approximate surface area is 121 Å². The van der Waals surface area contributed by atoms with Crippen LogP contribution in [-0.2, 0) is 4.79 Å². The summed E-state index contributed by atoms with van der Waals surface area (Å²) in [6.45, 7) is 0. The van der Waals surface area contributed by atoms with E-state index in [9.17, 15) is 18.0 Å². The molecule has 22 heavy (non-hydrogen) atoms. The summed E-state index contributed by atoms with van der Waals surface area (Å²) in [5.74, 6) is -2.13. The molecule has 8 heteroatoms. The Morgan fingerprint density at radius 3 is 2.55 bits per heavy atom. The molecule has 2 heterocycles. The summed E-state index contributed by atoms with van der Waals surface area (Å²) < 4.78 is 39.2. The van der Waals surface area contributed by atoms with Gasteiger partial charge in [-0.1, -0.05) is 24.3 Å². The maximum Gasteiger partial charge on any atom is 0.430 e. The van der Waals surface area contributed by atoms with Gasteiger partial charge < -0.3 is 5.11 Å². The van der Waals surface area contributed by atoms with Crippen LogP contribution >= 0.6 is 0 Å². The van der Waals surface area contributed by atoms with Crippen molar-refractivity contribution in [3.05, 3.63) is 48.3 Å². The van der Waals surface area contributed by atoms with Crippen LogP contribution in [0, 0.1) is 0 Å². The molecule has 1 aliphatic rings. The van der Waals surface area contributed by atoms with Crippen molar-refractivity contribution in [1.29, 1.82) is 0 Å². The molecule has 1 N–H and O–H groups in total. The summed E-state index contributed by atoms with van der Waals surface area (Å²) in [5, 5.41) is 16.7. The zero-order chi connectivity index (χ0) is 16.0. The Morgan fingerprint density at radius 2 is 1.91 bits per heavy atom. The van der Waals surface area contributed by atoms with Gasteiger partial charge in [0.1, 0.15) is 5.70 Å². The number of azo groups is 1. The molecule has 1 aromatic heterocycles. The highest BCUT2D eigenvalue weighted by atomic mass is 19.4. The van der Waals surface area contributed by atoms with E-state index in [1.165, 1.54) is 6.20 Å². The maximum atomic E-state index is 13.1. The Morgan fingerprint density at radius 1 is 1.18 bits per heavy atom. The summed E-state index contributed by atoms with van der Waals surface area (Å²) in [5.41, 5.74) is -3.41. The summed E-state index contributed by atoms with van der Waals surface area (Å²) in [7, 11) is 0. The van der Waals surface area contributed by atoms with Crippen molar-refractivity contribution in [1.82, 2.24) is 4.98 Å². The van der Waals surface area contributed by atoms with E-state index in [1.807, 2.05) is 0 Å². The van der Waals surface area contributed by atoms with Crippen LogP contribution < -0.4 is 0 Å². The molecule has 112 valence electrons. The van der Waals surface area contributed by atoms with Crippen molar-refractivity contribution >= 4 is 22.4 Å². The van der Waals surface area contributed by atoms with Gasteiger partial charge in [0.25, 0.3) is 5.54 Å². The first kappa shape index (κ1) is 14.2. The van der Waals surface area contributed by atoms with Crippen molar-refractivity contribution in [2.45, 2.75) is 11.7 Å². The number of nitrogens with zero attached hydrogens (tertiary/aromatic N) is 3. The topological polar surface area (TPSA) is 74.9 Å². The number of aromatic nitrogens is 1. The van der Waals surface area contributed by atoms with Crippen molar-refractivity contribution in [2.24, 2.45) is 10.2 Å². The third-order valence-corrected chi connectivity index (χ3v) is 3.34. The van der Waals surface area contributed by atoms with E-state index in [2.05, 4.69) is 15.2 Å². The third kappa shape index (κ3) is 1.95. The number of carbonyl (C=O) groups is 1. The smallest absolute Gasteiger partial charge is 0.430 e. The quantitative estimate of drug-likeness (QED) is 0.923. The highest BCUT2D eigenvalue weighted by Gasteiger charge is 2.62. The average Bonchev–Trinajstić information content (AvgIpc) is 2.93. The zero-order valence-corrected chi connectivity index (χ0v) is 10.9. The lowest BCUT2D eigenvalue weighted by Crippen LogP contribution is -2.47. The van der Waals surface area contributed by atoms with Gasteiger partial charge in [0.05, 0.1) is 5.69 Å². The van der Waals surface area contributed by atoms with E-state index < -0.39 is 17.7 Å². The molecule has 1 aromatic carbocycles. The number of alkyl halides is 3. The minimum atomic E-state index is -5.09. The van der Waals surface area contributed by atoms with Gasteiger partial charge in [-0.3, -0.25) is 4.98 Å². The van der Waals surface area contributed by atoms with Crippen LogP contribution in [0.1, 0.15) is 5.69 Å². The maximum absolute atomic E-state index is 13.1. The number of fused-ring (bicyclic) bond motifs is 1. The Bertz CT molecular complexity index is 824. The molecular weight excluding hydrogens is 299 g/mol.